The van der Waals surface area contributed by atoms with Gasteiger partial charge in [0.2, 0.25) is 0 Å². The van der Waals surface area contributed by atoms with Crippen molar-refractivity contribution in [2.75, 3.05) is 14.2 Å². The molecule has 1 fully saturated rings. The molecule has 3 aliphatic rings. The molecule has 12 heteroatoms. The summed E-state index contributed by atoms with van der Waals surface area (Å²) in [6.45, 7) is 8.25. The van der Waals surface area contributed by atoms with Gasteiger partial charge in [0.25, 0.3) is 0 Å². The van der Waals surface area contributed by atoms with E-state index < -0.39 is 7.12 Å². The molecule has 0 aromatic heterocycles. The Hall–Kier alpha value is -2.32. The molecule has 0 spiro atoms. The molecule has 4 aromatic carbocycles. The summed E-state index contributed by atoms with van der Waals surface area (Å²) in [5.41, 5.74) is 1.45. The smallest absolute Gasteiger partial charge is 0.465 e. The summed E-state index contributed by atoms with van der Waals surface area (Å²) in [6, 6.07) is 23.7. The molecule has 0 amide bonds. The number of methoxy groups -OCH3 is 2. The van der Waals surface area contributed by atoms with Crippen molar-refractivity contribution in [3.05, 3.63) is 88.4 Å². The van der Waals surface area contributed by atoms with Gasteiger partial charge in [-0.2, -0.15) is 0 Å². The summed E-state index contributed by atoms with van der Waals surface area (Å²) in [5, 5.41) is 0. The van der Waals surface area contributed by atoms with Crippen LogP contribution >= 0.6 is 63.0 Å². The number of halogens is 1. The fourth-order valence-corrected chi connectivity index (χ4v) is 10.3. The van der Waals surface area contributed by atoms with Crippen LogP contribution in [-0.2, 0) is 18.8 Å². The van der Waals surface area contributed by atoms with E-state index in [9.17, 15) is 9.59 Å². The van der Waals surface area contributed by atoms with Gasteiger partial charge in [-0.3, -0.25) is 0 Å². The average Bonchev–Trinajstić information content (AvgIpc) is 3.27. The summed E-state index contributed by atoms with van der Waals surface area (Å²) < 4.78 is 23.2. The fourth-order valence-electron chi connectivity index (χ4n) is 4.84. The first-order chi connectivity index (χ1) is 21.9. The largest absolute Gasteiger partial charge is 0.496 e. The lowest BCUT2D eigenvalue weighted by Crippen LogP contribution is -2.41. The molecule has 7 rings (SSSR count). The quantitative estimate of drug-likeness (QED) is 0.129. The normalized spacial score (nSPS) is 16.5. The van der Waals surface area contributed by atoms with Crippen molar-refractivity contribution in [2.45, 2.75) is 78.1 Å². The standard InChI is InChI=1S/C20H21BO4S2.C14H9BrO2S2/c1-19(2)20(3,4)25-21(24-19)13-7-6-8-15-17(13)27-14-10-9-12(18(22)23-5)11-16(14)26-15;1-17-14(16)8-5-6-10-12(7-8)18-11-4-2-3-9(15)13(11)19-10/h6-11H,1-5H3;2-7H,1H3. The highest BCUT2D eigenvalue weighted by Crippen LogP contribution is 2.51. The predicted octanol–water partition coefficient (Wildman–Crippen LogP) is 9.24. The second kappa shape index (κ2) is 13.3. The van der Waals surface area contributed by atoms with E-state index >= 15 is 0 Å². The molecule has 0 bridgehead atoms. The van der Waals surface area contributed by atoms with Gasteiger partial charge in [0.15, 0.2) is 0 Å². The Kier molecular flexibility index (Phi) is 9.71. The summed E-state index contributed by atoms with van der Waals surface area (Å²) in [5.74, 6) is -0.617. The van der Waals surface area contributed by atoms with Crippen molar-refractivity contribution in [2.24, 2.45) is 0 Å². The fraction of sp³-hybridized carbons (Fsp3) is 0.235. The van der Waals surface area contributed by atoms with E-state index in [4.69, 9.17) is 18.8 Å². The number of esters is 2. The molecular formula is C34H30BBrO6S4. The summed E-state index contributed by atoms with van der Waals surface area (Å²) >= 11 is 10.3. The van der Waals surface area contributed by atoms with Crippen molar-refractivity contribution in [1.82, 2.24) is 0 Å². The van der Waals surface area contributed by atoms with Gasteiger partial charge in [0.05, 0.1) is 36.5 Å². The lowest BCUT2D eigenvalue weighted by molar-refractivity contribution is 0.00578. The Bertz CT molecular complexity index is 1850. The molecule has 236 valence electrons. The maximum Gasteiger partial charge on any atom is 0.496 e. The Morgan fingerprint density at radius 2 is 1.11 bits per heavy atom. The second-order valence-corrected chi connectivity index (χ2v) is 16.7. The minimum Gasteiger partial charge on any atom is -0.465 e. The second-order valence-electron chi connectivity index (χ2n) is 11.5. The van der Waals surface area contributed by atoms with Gasteiger partial charge in [-0.1, -0.05) is 65.2 Å². The van der Waals surface area contributed by atoms with Crippen LogP contribution in [0.5, 0.6) is 0 Å². The van der Waals surface area contributed by atoms with Crippen LogP contribution in [0.2, 0.25) is 0 Å². The van der Waals surface area contributed by atoms with E-state index in [1.807, 2.05) is 42.5 Å². The number of carbonyl (C=O) groups excluding carboxylic acids is 2. The van der Waals surface area contributed by atoms with Crippen LogP contribution in [0.3, 0.4) is 0 Å². The molecule has 4 aromatic rings. The van der Waals surface area contributed by atoms with Gasteiger partial charge >= 0.3 is 19.1 Å². The number of hydrogen-bond donors (Lipinski definition) is 0. The van der Waals surface area contributed by atoms with E-state index in [0.29, 0.717) is 11.1 Å². The van der Waals surface area contributed by atoms with Gasteiger partial charge in [-0.05, 0) is 104 Å². The first-order valence-electron chi connectivity index (χ1n) is 14.3. The van der Waals surface area contributed by atoms with Crippen LogP contribution in [0.1, 0.15) is 48.4 Å². The molecule has 0 atom stereocenters. The van der Waals surface area contributed by atoms with Crippen LogP contribution in [0, 0.1) is 0 Å². The zero-order valence-corrected chi connectivity index (χ0v) is 30.8. The van der Waals surface area contributed by atoms with Crippen LogP contribution in [0.25, 0.3) is 0 Å². The topological polar surface area (TPSA) is 71.1 Å². The predicted molar refractivity (Wildman–Crippen MR) is 188 cm³/mol. The molecule has 3 heterocycles. The Labute approximate surface area is 294 Å². The zero-order valence-electron chi connectivity index (χ0n) is 26.0. The zero-order chi connectivity index (χ0) is 32.8. The molecule has 1 saturated heterocycles. The van der Waals surface area contributed by atoms with E-state index in [1.165, 1.54) is 24.0 Å². The van der Waals surface area contributed by atoms with Crippen molar-refractivity contribution in [3.8, 4) is 0 Å². The van der Waals surface area contributed by atoms with Crippen molar-refractivity contribution >= 4 is 87.5 Å². The molecule has 6 nitrogen and oxygen atoms in total. The lowest BCUT2D eigenvalue weighted by Gasteiger charge is -2.32. The Morgan fingerprint density at radius 3 is 1.63 bits per heavy atom. The van der Waals surface area contributed by atoms with Crippen molar-refractivity contribution in [1.29, 1.82) is 0 Å². The molecule has 3 aliphatic heterocycles. The maximum absolute atomic E-state index is 11.8. The molecular weight excluding hydrogens is 723 g/mol. The third-order valence-corrected chi connectivity index (χ3v) is 14.2. The van der Waals surface area contributed by atoms with E-state index in [1.54, 1.807) is 59.2 Å². The van der Waals surface area contributed by atoms with Crippen LogP contribution in [0.15, 0.2) is 116 Å². The monoisotopic (exact) mass is 752 g/mol. The third kappa shape index (κ3) is 6.54. The number of carbonyl (C=O) groups is 2. The highest BCUT2D eigenvalue weighted by atomic mass is 79.9. The Morgan fingerprint density at radius 1 is 0.630 bits per heavy atom. The minimum absolute atomic E-state index is 0.298. The number of hydrogen-bond acceptors (Lipinski definition) is 10. The maximum atomic E-state index is 11.8. The van der Waals surface area contributed by atoms with Gasteiger partial charge in [-0.15, -0.1) is 0 Å². The highest BCUT2D eigenvalue weighted by molar-refractivity contribution is 9.10. The first-order valence-corrected chi connectivity index (χ1v) is 18.4. The van der Waals surface area contributed by atoms with Crippen LogP contribution in [0.4, 0.5) is 0 Å². The minimum atomic E-state index is -0.394. The van der Waals surface area contributed by atoms with Crippen LogP contribution < -0.4 is 5.46 Å². The molecule has 46 heavy (non-hydrogen) atoms. The molecule has 0 N–H and O–H groups in total. The first kappa shape index (κ1) is 33.6. The molecule has 0 aliphatic carbocycles. The van der Waals surface area contributed by atoms with Crippen molar-refractivity contribution in [3.63, 3.8) is 0 Å². The van der Waals surface area contributed by atoms with E-state index in [-0.39, 0.29) is 23.1 Å². The van der Waals surface area contributed by atoms with E-state index in [2.05, 4.69) is 61.8 Å². The van der Waals surface area contributed by atoms with E-state index in [0.717, 1.165) is 39.3 Å². The van der Waals surface area contributed by atoms with Gasteiger partial charge in [-0.25, -0.2) is 9.59 Å². The Balaban J connectivity index is 0.000000172. The highest BCUT2D eigenvalue weighted by Gasteiger charge is 2.52. The van der Waals surface area contributed by atoms with Gasteiger partial charge < -0.3 is 18.8 Å². The number of ether oxygens (including phenoxy) is 2. The lowest BCUT2D eigenvalue weighted by atomic mass is 9.79. The number of fused-ring (bicyclic) bond motifs is 4. The molecule has 0 unspecified atom stereocenters. The summed E-state index contributed by atoms with van der Waals surface area (Å²) in [4.78, 5) is 32.5. The molecule has 0 saturated carbocycles. The third-order valence-electron chi connectivity index (χ3n) is 8.04. The summed E-state index contributed by atoms with van der Waals surface area (Å²) in [6.07, 6.45) is 0. The van der Waals surface area contributed by atoms with Crippen LogP contribution in [-0.4, -0.2) is 44.5 Å². The summed E-state index contributed by atoms with van der Waals surface area (Å²) in [7, 11) is 2.40. The average molecular weight is 754 g/mol. The molecule has 0 radical (unpaired) electrons. The van der Waals surface area contributed by atoms with Gasteiger partial charge in [0.1, 0.15) is 0 Å². The SMILES string of the molecule is COC(=O)c1ccc2c(c1)Sc1cccc(B3OC(C)(C)C(C)(C)O3)c1S2.COC(=O)c1ccc2c(c1)Sc1cccc(Br)c1S2. The number of benzene rings is 4. The number of rotatable bonds is 3. The van der Waals surface area contributed by atoms with Gasteiger partial charge in [0, 0.05) is 43.6 Å². The van der Waals surface area contributed by atoms with Crippen molar-refractivity contribution < 1.29 is 28.4 Å².